The lowest BCUT2D eigenvalue weighted by molar-refractivity contribution is -0.124. The average Bonchev–Trinajstić information content (AvgIpc) is 3.09. The molecule has 122 valence electrons. The number of likely N-dealkylation sites (tertiary alicyclic amines) is 1. The number of ether oxygens (including phenoxy) is 1. The molecule has 0 bridgehead atoms. The highest BCUT2D eigenvalue weighted by Crippen LogP contribution is 2.26. The van der Waals surface area contributed by atoms with Gasteiger partial charge >= 0.3 is 0 Å². The van der Waals surface area contributed by atoms with Crippen molar-refractivity contribution >= 4 is 5.91 Å². The minimum atomic E-state index is 0.0788. The third kappa shape index (κ3) is 4.23. The van der Waals surface area contributed by atoms with Gasteiger partial charge in [0.1, 0.15) is 5.75 Å². The summed E-state index contributed by atoms with van der Waals surface area (Å²) >= 11 is 0. The highest BCUT2D eigenvalue weighted by atomic mass is 16.5. The molecule has 1 N–H and O–H groups in total. The summed E-state index contributed by atoms with van der Waals surface area (Å²) in [6.45, 7) is 6.92. The van der Waals surface area contributed by atoms with Gasteiger partial charge in [0.15, 0.2) is 0 Å². The van der Waals surface area contributed by atoms with E-state index in [4.69, 9.17) is 4.74 Å². The Morgan fingerprint density at radius 2 is 1.91 bits per heavy atom. The Balaban J connectivity index is 2.06. The monoisotopic (exact) mass is 304 g/mol. The van der Waals surface area contributed by atoms with Crippen LogP contribution in [0.25, 0.3) is 0 Å². The molecule has 1 amide bonds. The van der Waals surface area contributed by atoms with Gasteiger partial charge < -0.3 is 10.1 Å². The first kappa shape index (κ1) is 16.8. The first-order valence-corrected chi connectivity index (χ1v) is 8.31. The van der Waals surface area contributed by atoms with Gasteiger partial charge in [0.2, 0.25) is 5.91 Å². The fourth-order valence-electron chi connectivity index (χ4n) is 2.89. The minimum Gasteiger partial charge on any atom is -0.497 e. The van der Waals surface area contributed by atoms with Crippen molar-refractivity contribution in [2.45, 2.75) is 39.2 Å². The molecule has 1 fully saturated rings. The highest BCUT2D eigenvalue weighted by molar-refractivity contribution is 5.78. The number of benzene rings is 1. The van der Waals surface area contributed by atoms with Crippen molar-refractivity contribution in [3.63, 3.8) is 0 Å². The number of nitrogens with one attached hydrogen (secondary N) is 1. The van der Waals surface area contributed by atoms with Gasteiger partial charge in [0, 0.05) is 12.5 Å². The smallest absolute Gasteiger partial charge is 0.222 e. The summed E-state index contributed by atoms with van der Waals surface area (Å²) in [7, 11) is 1.68. The van der Waals surface area contributed by atoms with Crippen LogP contribution >= 0.6 is 0 Å². The van der Waals surface area contributed by atoms with Crippen LogP contribution in [0.15, 0.2) is 24.3 Å². The Morgan fingerprint density at radius 3 is 2.45 bits per heavy atom. The van der Waals surface area contributed by atoms with Crippen molar-refractivity contribution in [2.24, 2.45) is 5.92 Å². The molecule has 0 aliphatic carbocycles. The summed E-state index contributed by atoms with van der Waals surface area (Å²) < 4.78 is 5.24. The van der Waals surface area contributed by atoms with Crippen LogP contribution in [0.3, 0.4) is 0 Å². The molecular formula is C18H28N2O2. The number of rotatable bonds is 7. The maximum atomic E-state index is 12.1. The molecular weight excluding hydrogens is 276 g/mol. The van der Waals surface area contributed by atoms with Crippen molar-refractivity contribution in [1.29, 1.82) is 0 Å². The standard InChI is InChI=1S/C18H28N2O2/c1-4-14(2)18(21)19-13-17(20-11-5-6-12-20)15-7-9-16(22-3)10-8-15/h7-10,14,17H,4-6,11-13H2,1-3H3,(H,19,21). The minimum absolute atomic E-state index is 0.0788. The zero-order chi connectivity index (χ0) is 15.9. The van der Waals surface area contributed by atoms with E-state index in [1.807, 2.05) is 26.0 Å². The van der Waals surface area contributed by atoms with E-state index in [0.717, 1.165) is 25.3 Å². The first-order valence-electron chi connectivity index (χ1n) is 8.31. The predicted octanol–water partition coefficient (Wildman–Crippen LogP) is 2.99. The van der Waals surface area contributed by atoms with Crippen LogP contribution < -0.4 is 10.1 Å². The van der Waals surface area contributed by atoms with Crippen molar-refractivity contribution in [1.82, 2.24) is 10.2 Å². The zero-order valence-electron chi connectivity index (χ0n) is 14.0. The fourth-order valence-corrected chi connectivity index (χ4v) is 2.89. The summed E-state index contributed by atoms with van der Waals surface area (Å²) in [5.74, 6) is 1.10. The van der Waals surface area contributed by atoms with E-state index in [1.165, 1.54) is 18.4 Å². The summed E-state index contributed by atoms with van der Waals surface area (Å²) in [5.41, 5.74) is 1.24. The molecule has 4 heteroatoms. The van der Waals surface area contributed by atoms with E-state index in [-0.39, 0.29) is 17.9 Å². The summed E-state index contributed by atoms with van der Waals surface area (Å²) in [6.07, 6.45) is 3.36. The molecule has 1 aromatic rings. The molecule has 2 unspecified atom stereocenters. The van der Waals surface area contributed by atoms with Crippen molar-refractivity contribution in [3.8, 4) is 5.75 Å². The van der Waals surface area contributed by atoms with E-state index >= 15 is 0 Å². The summed E-state index contributed by atoms with van der Waals surface area (Å²) in [5, 5.41) is 3.13. The lowest BCUT2D eigenvalue weighted by Gasteiger charge is -2.28. The van der Waals surface area contributed by atoms with Crippen molar-refractivity contribution < 1.29 is 9.53 Å². The zero-order valence-corrected chi connectivity index (χ0v) is 14.0. The number of amides is 1. The second-order valence-corrected chi connectivity index (χ2v) is 6.09. The van der Waals surface area contributed by atoms with Gasteiger partial charge in [0.25, 0.3) is 0 Å². The van der Waals surface area contributed by atoms with Gasteiger partial charge in [-0.2, -0.15) is 0 Å². The van der Waals surface area contributed by atoms with Crippen LogP contribution in [0, 0.1) is 5.92 Å². The van der Waals surface area contributed by atoms with E-state index in [9.17, 15) is 4.79 Å². The third-order valence-corrected chi connectivity index (χ3v) is 4.61. The third-order valence-electron chi connectivity index (χ3n) is 4.61. The van der Waals surface area contributed by atoms with Gasteiger partial charge in [-0.3, -0.25) is 9.69 Å². The Bertz CT molecular complexity index is 466. The molecule has 2 rings (SSSR count). The largest absolute Gasteiger partial charge is 0.497 e. The van der Waals surface area contributed by atoms with Crippen molar-refractivity contribution in [3.05, 3.63) is 29.8 Å². The number of hydrogen-bond donors (Lipinski definition) is 1. The summed E-state index contributed by atoms with van der Waals surface area (Å²) in [6, 6.07) is 8.46. The lowest BCUT2D eigenvalue weighted by atomic mass is 10.0. The topological polar surface area (TPSA) is 41.6 Å². The number of nitrogens with zero attached hydrogens (tertiary/aromatic N) is 1. The number of methoxy groups -OCH3 is 1. The van der Waals surface area contributed by atoms with E-state index < -0.39 is 0 Å². The normalized spacial score (nSPS) is 18.0. The highest BCUT2D eigenvalue weighted by Gasteiger charge is 2.24. The quantitative estimate of drug-likeness (QED) is 0.842. The molecule has 0 saturated carbocycles. The molecule has 2 atom stereocenters. The second kappa shape index (κ2) is 8.18. The molecule has 1 saturated heterocycles. The number of carbonyl (C=O) groups is 1. The molecule has 1 aromatic carbocycles. The average molecular weight is 304 g/mol. The van der Waals surface area contributed by atoms with Gasteiger partial charge in [-0.05, 0) is 50.0 Å². The van der Waals surface area contributed by atoms with Crippen LogP contribution in [0.4, 0.5) is 0 Å². The lowest BCUT2D eigenvalue weighted by Crippen LogP contribution is -2.38. The van der Waals surface area contributed by atoms with Gasteiger partial charge in [-0.1, -0.05) is 26.0 Å². The SMILES string of the molecule is CCC(C)C(=O)NCC(c1ccc(OC)cc1)N1CCCC1. The van der Waals surface area contributed by atoms with Crippen LogP contribution in [0.1, 0.15) is 44.7 Å². The molecule has 1 heterocycles. The van der Waals surface area contributed by atoms with Crippen LogP contribution in [0.5, 0.6) is 5.75 Å². The van der Waals surface area contributed by atoms with Crippen LogP contribution in [-0.2, 0) is 4.79 Å². The summed E-state index contributed by atoms with van der Waals surface area (Å²) in [4.78, 5) is 14.5. The fraction of sp³-hybridized carbons (Fsp3) is 0.611. The van der Waals surface area contributed by atoms with Crippen molar-refractivity contribution in [2.75, 3.05) is 26.7 Å². The molecule has 22 heavy (non-hydrogen) atoms. The van der Waals surface area contributed by atoms with Gasteiger partial charge in [-0.15, -0.1) is 0 Å². The Labute approximate surface area is 133 Å². The Morgan fingerprint density at radius 1 is 1.27 bits per heavy atom. The molecule has 0 radical (unpaired) electrons. The second-order valence-electron chi connectivity index (χ2n) is 6.09. The number of hydrogen-bond acceptors (Lipinski definition) is 3. The first-order chi connectivity index (χ1) is 10.7. The maximum absolute atomic E-state index is 12.1. The number of carbonyl (C=O) groups excluding carboxylic acids is 1. The van der Waals surface area contributed by atoms with Crippen LogP contribution in [0.2, 0.25) is 0 Å². The molecule has 1 aliphatic heterocycles. The van der Waals surface area contributed by atoms with Gasteiger partial charge in [-0.25, -0.2) is 0 Å². The van der Waals surface area contributed by atoms with Gasteiger partial charge in [0.05, 0.1) is 13.2 Å². The Kier molecular flexibility index (Phi) is 6.25. The van der Waals surface area contributed by atoms with E-state index in [2.05, 4.69) is 22.3 Å². The Hall–Kier alpha value is -1.55. The molecule has 0 spiro atoms. The predicted molar refractivity (Wildman–Crippen MR) is 89.0 cm³/mol. The maximum Gasteiger partial charge on any atom is 0.222 e. The van der Waals surface area contributed by atoms with Crippen LogP contribution in [-0.4, -0.2) is 37.6 Å². The molecule has 4 nitrogen and oxygen atoms in total. The molecule has 1 aliphatic rings. The van der Waals surface area contributed by atoms with E-state index in [0.29, 0.717) is 6.54 Å². The molecule has 0 aromatic heterocycles. The van der Waals surface area contributed by atoms with E-state index in [1.54, 1.807) is 7.11 Å².